The van der Waals surface area contributed by atoms with Crippen LogP contribution in [-0.2, 0) is 0 Å². The molecule has 0 saturated carbocycles. The van der Waals surface area contributed by atoms with E-state index in [1.807, 2.05) is 18.2 Å². The Kier molecular flexibility index (Phi) is 1.21. The number of benzene rings is 1. The van der Waals surface area contributed by atoms with E-state index in [-0.39, 0.29) is 0 Å². The van der Waals surface area contributed by atoms with Crippen LogP contribution in [0.15, 0.2) is 24.3 Å². The Bertz CT molecular complexity index is 263. The molecule has 0 saturated heterocycles. The topological polar surface area (TPSA) is 12.0 Å². The fourth-order valence-corrected chi connectivity index (χ4v) is 1.10. The Labute approximate surface area is 60.4 Å². The zero-order valence-corrected chi connectivity index (χ0v) is 5.59. The predicted molar refractivity (Wildman–Crippen MR) is 42.8 cm³/mol. The lowest BCUT2D eigenvalue weighted by Crippen LogP contribution is -2.03. The minimum absolute atomic E-state index is 0.941. The number of hydrogen-bond acceptors (Lipinski definition) is 1. The first-order valence-corrected chi connectivity index (χ1v) is 3.37. The lowest BCUT2D eigenvalue weighted by molar-refractivity contribution is 1.31. The van der Waals surface area contributed by atoms with Crippen molar-refractivity contribution >= 4 is 11.8 Å². The van der Waals surface area contributed by atoms with Crippen LogP contribution in [0.3, 0.4) is 0 Å². The van der Waals surface area contributed by atoms with Gasteiger partial charge in [0.2, 0.25) is 0 Å². The summed E-state index contributed by atoms with van der Waals surface area (Å²) < 4.78 is 0. The van der Waals surface area contributed by atoms with E-state index < -0.39 is 0 Å². The van der Waals surface area contributed by atoms with Gasteiger partial charge >= 0.3 is 0 Å². The van der Waals surface area contributed by atoms with Gasteiger partial charge in [-0.25, -0.2) is 0 Å². The second-order valence-electron chi connectivity index (χ2n) is 2.30. The molecule has 1 aromatic carbocycles. The van der Waals surface area contributed by atoms with Gasteiger partial charge in [0.25, 0.3) is 0 Å². The molecule has 0 amide bonds. The molecule has 0 fully saturated rings. The molecule has 1 aliphatic heterocycles. The Morgan fingerprint density at radius 1 is 1.50 bits per heavy atom. The summed E-state index contributed by atoms with van der Waals surface area (Å²) in [7, 11) is 0. The van der Waals surface area contributed by atoms with Crippen molar-refractivity contribution in [2.75, 3.05) is 11.9 Å². The summed E-state index contributed by atoms with van der Waals surface area (Å²) >= 11 is 0. The number of hydrogen-bond donors (Lipinski definition) is 1. The summed E-state index contributed by atoms with van der Waals surface area (Å²) in [5, 5.41) is 3.26. The molecule has 1 aromatic rings. The maximum absolute atomic E-state index is 3.26. The zero-order chi connectivity index (χ0) is 6.81. The predicted octanol–water partition coefficient (Wildman–Crippen LogP) is 1.93. The number of nitrogens with one attached hydrogen (secondary N) is 1. The van der Waals surface area contributed by atoms with Gasteiger partial charge < -0.3 is 5.32 Å². The molecule has 0 unspecified atom stereocenters. The van der Waals surface area contributed by atoms with Crippen molar-refractivity contribution in [1.82, 2.24) is 0 Å². The standard InChI is InChI=1S/C9H8N/c1-2-6-9-8(4-1)5-3-7-10-9/h2-6,10H,7H2. The molecule has 1 aliphatic rings. The molecule has 0 bridgehead atoms. The Hall–Kier alpha value is -1.24. The van der Waals surface area contributed by atoms with E-state index in [0.29, 0.717) is 0 Å². The molecule has 0 aromatic heterocycles. The first kappa shape index (κ1) is 5.54. The minimum Gasteiger partial charge on any atom is -0.381 e. The summed E-state index contributed by atoms with van der Waals surface area (Å²) in [6.45, 7) is 0.941. The normalized spacial score (nSPS) is 14.0. The highest BCUT2D eigenvalue weighted by atomic mass is 14.9. The summed E-state index contributed by atoms with van der Waals surface area (Å²) in [5.41, 5.74) is 2.44. The Morgan fingerprint density at radius 3 is 3.40 bits per heavy atom. The van der Waals surface area contributed by atoms with Gasteiger partial charge in [-0.2, -0.15) is 0 Å². The molecule has 10 heavy (non-hydrogen) atoms. The van der Waals surface area contributed by atoms with Crippen molar-refractivity contribution in [3.8, 4) is 0 Å². The smallest absolute Gasteiger partial charge is 0.0416 e. The van der Waals surface area contributed by atoms with Crippen LogP contribution in [0.1, 0.15) is 5.56 Å². The van der Waals surface area contributed by atoms with Crippen molar-refractivity contribution in [3.05, 3.63) is 35.9 Å². The zero-order valence-electron chi connectivity index (χ0n) is 5.59. The molecule has 1 heterocycles. The molecular weight excluding hydrogens is 122 g/mol. The molecule has 0 aliphatic carbocycles. The van der Waals surface area contributed by atoms with Gasteiger partial charge in [0, 0.05) is 12.2 Å². The van der Waals surface area contributed by atoms with Crippen LogP contribution in [0.4, 0.5) is 5.69 Å². The SMILES string of the molecule is [c]1ccc2c(c1)C=CCN2. The molecule has 1 heteroatoms. The molecule has 1 radical (unpaired) electrons. The first-order valence-electron chi connectivity index (χ1n) is 3.37. The maximum atomic E-state index is 3.26. The fourth-order valence-electron chi connectivity index (χ4n) is 1.10. The quantitative estimate of drug-likeness (QED) is 0.565. The fraction of sp³-hybridized carbons (Fsp3) is 0.111. The van der Waals surface area contributed by atoms with Crippen LogP contribution >= 0.6 is 0 Å². The Morgan fingerprint density at radius 2 is 2.50 bits per heavy atom. The van der Waals surface area contributed by atoms with Crippen LogP contribution in [-0.4, -0.2) is 6.54 Å². The van der Waals surface area contributed by atoms with Crippen molar-refractivity contribution in [3.63, 3.8) is 0 Å². The summed E-state index contributed by atoms with van der Waals surface area (Å²) in [6, 6.07) is 8.98. The van der Waals surface area contributed by atoms with Crippen LogP contribution in [0.2, 0.25) is 0 Å². The van der Waals surface area contributed by atoms with Gasteiger partial charge in [-0.3, -0.25) is 0 Å². The average Bonchev–Trinajstić information content (AvgIpc) is 2.05. The molecule has 49 valence electrons. The van der Waals surface area contributed by atoms with Gasteiger partial charge in [-0.15, -0.1) is 0 Å². The van der Waals surface area contributed by atoms with Gasteiger partial charge in [0.05, 0.1) is 0 Å². The Balaban J connectivity index is 2.54. The van der Waals surface area contributed by atoms with E-state index >= 15 is 0 Å². The highest BCUT2D eigenvalue weighted by Crippen LogP contribution is 2.18. The number of fused-ring (bicyclic) bond motifs is 1. The summed E-state index contributed by atoms with van der Waals surface area (Å²) in [6.07, 6.45) is 4.22. The van der Waals surface area contributed by atoms with E-state index in [1.165, 1.54) is 11.3 Å². The van der Waals surface area contributed by atoms with Crippen LogP contribution in [0.25, 0.3) is 6.08 Å². The summed E-state index contributed by atoms with van der Waals surface area (Å²) in [5.74, 6) is 0. The van der Waals surface area contributed by atoms with E-state index in [0.717, 1.165) is 6.54 Å². The monoisotopic (exact) mass is 130 g/mol. The lowest BCUT2D eigenvalue weighted by Gasteiger charge is -2.10. The van der Waals surface area contributed by atoms with Gasteiger partial charge in [0.15, 0.2) is 0 Å². The first-order chi connectivity index (χ1) is 4.97. The van der Waals surface area contributed by atoms with Crippen LogP contribution in [0.5, 0.6) is 0 Å². The largest absolute Gasteiger partial charge is 0.381 e. The highest BCUT2D eigenvalue weighted by molar-refractivity contribution is 5.69. The van der Waals surface area contributed by atoms with E-state index in [9.17, 15) is 0 Å². The molecule has 2 rings (SSSR count). The molecule has 1 nitrogen and oxygen atoms in total. The van der Waals surface area contributed by atoms with E-state index in [1.54, 1.807) is 0 Å². The average molecular weight is 130 g/mol. The third-order valence-electron chi connectivity index (χ3n) is 1.60. The number of rotatable bonds is 0. The van der Waals surface area contributed by atoms with Crippen molar-refractivity contribution < 1.29 is 0 Å². The van der Waals surface area contributed by atoms with Crippen molar-refractivity contribution in [2.45, 2.75) is 0 Å². The lowest BCUT2D eigenvalue weighted by atomic mass is 10.1. The second kappa shape index (κ2) is 2.18. The third kappa shape index (κ3) is 0.798. The van der Waals surface area contributed by atoms with Gasteiger partial charge in [-0.1, -0.05) is 18.2 Å². The third-order valence-corrected chi connectivity index (χ3v) is 1.60. The van der Waals surface area contributed by atoms with Gasteiger partial charge in [0.1, 0.15) is 0 Å². The van der Waals surface area contributed by atoms with E-state index in [4.69, 9.17) is 0 Å². The minimum atomic E-state index is 0.941. The van der Waals surface area contributed by atoms with Crippen molar-refractivity contribution in [2.24, 2.45) is 0 Å². The number of anilines is 1. The van der Waals surface area contributed by atoms with Crippen LogP contribution < -0.4 is 5.32 Å². The second-order valence-corrected chi connectivity index (χ2v) is 2.30. The van der Waals surface area contributed by atoms with Crippen LogP contribution in [0, 0.1) is 6.07 Å². The summed E-state index contributed by atoms with van der Waals surface area (Å²) in [4.78, 5) is 0. The highest BCUT2D eigenvalue weighted by Gasteiger charge is 1.99. The van der Waals surface area contributed by atoms with Gasteiger partial charge in [-0.05, 0) is 23.8 Å². The van der Waals surface area contributed by atoms with E-state index in [2.05, 4.69) is 23.5 Å². The molecule has 0 spiro atoms. The molecule has 0 atom stereocenters. The molecular formula is C9H8N. The maximum Gasteiger partial charge on any atom is 0.0416 e. The molecule has 1 N–H and O–H groups in total. The van der Waals surface area contributed by atoms with Crippen molar-refractivity contribution in [1.29, 1.82) is 0 Å².